The third kappa shape index (κ3) is 4.65. The van der Waals surface area contributed by atoms with E-state index < -0.39 is 0 Å². The van der Waals surface area contributed by atoms with Crippen molar-refractivity contribution in [3.8, 4) is 0 Å². The number of hydrogen-bond acceptors (Lipinski definition) is 5. The smallest absolute Gasteiger partial charge is 0.258 e. The number of rotatable bonds is 6. The molecule has 8 heteroatoms. The average Bonchev–Trinajstić information content (AvgIpc) is 3.48. The van der Waals surface area contributed by atoms with Crippen LogP contribution in [0.15, 0.2) is 72.9 Å². The summed E-state index contributed by atoms with van der Waals surface area (Å²) in [5.41, 5.74) is 1.58. The van der Waals surface area contributed by atoms with E-state index in [-0.39, 0.29) is 30.1 Å². The van der Waals surface area contributed by atoms with Gasteiger partial charge in [0.25, 0.3) is 11.8 Å². The van der Waals surface area contributed by atoms with Crippen molar-refractivity contribution < 1.29 is 14.3 Å². The van der Waals surface area contributed by atoms with E-state index in [0.717, 1.165) is 12.8 Å². The standard InChI is InChI=1S/C27H27N5O3/c1-3-21-17(2)16-22(35-21)32-15-14-20-23(28-25(33)18-10-6-4-7-11-18)29-27(30-24(20)32)31-26(34)19-12-8-5-9-13-19/h4-15,17,21-22H,3,16H2,1-2H3,(H2,28,29,30,31,33,34)/t17-,21+,22+/m0/s1. The molecular formula is C27H27N5O3. The van der Waals surface area contributed by atoms with Crippen molar-refractivity contribution in [2.75, 3.05) is 10.6 Å². The summed E-state index contributed by atoms with van der Waals surface area (Å²) in [6, 6.07) is 19.6. The number of aromatic nitrogens is 3. The van der Waals surface area contributed by atoms with E-state index in [2.05, 4.69) is 34.4 Å². The van der Waals surface area contributed by atoms with Gasteiger partial charge >= 0.3 is 0 Å². The third-order valence-corrected chi connectivity index (χ3v) is 6.35. The zero-order valence-electron chi connectivity index (χ0n) is 19.6. The van der Waals surface area contributed by atoms with E-state index in [0.29, 0.717) is 33.9 Å². The monoisotopic (exact) mass is 469 g/mol. The number of fused-ring (bicyclic) bond motifs is 1. The summed E-state index contributed by atoms with van der Waals surface area (Å²) < 4.78 is 8.24. The quantitative estimate of drug-likeness (QED) is 0.401. The van der Waals surface area contributed by atoms with Crippen molar-refractivity contribution in [3.63, 3.8) is 0 Å². The molecular weight excluding hydrogens is 442 g/mol. The Hall–Kier alpha value is -4.04. The molecule has 3 heterocycles. The number of hydrogen-bond donors (Lipinski definition) is 2. The zero-order valence-corrected chi connectivity index (χ0v) is 19.6. The Labute approximate surface area is 203 Å². The maximum absolute atomic E-state index is 12.9. The second-order valence-electron chi connectivity index (χ2n) is 8.75. The first kappa shape index (κ1) is 22.7. The highest BCUT2D eigenvalue weighted by Crippen LogP contribution is 2.37. The fourth-order valence-electron chi connectivity index (χ4n) is 4.49. The van der Waals surface area contributed by atoms with Crippen molar-refractivity contribution >= 4 is 34.6 Å². The summed E-state index contributed by atoms with van der Waals surface area (Å²) in [6.07, 6.45) is 3.67. The number of benzene rings is 2. The van der Waals surface area contributed by atoms with E-state index in [4.69, 9.17) is 4.74 Å². The number of anilines is 2. The number of carbonyl (C=O) groups excluding carboxylic acids is 2. The van der Waals surface area contributed by atoms with Gasteiger partial charge in [-0.15, -0.1) is 0 Å². The molecule has 1 aliphatic heterocycles. The fraction of sp³-hybridized carbons (Fsp3) is 0.259. The Morgan fingerprint density at radius 2 is 1.57 bits per heavy atom. The first-order chi connectivity index (χ1) is 17.0. The second kappa shape index (κ2) is 9.68. The Kier molecular flexibility index (Phi) is 6.29. The molecule has 0 bridgehead atoms. The molecule has 2 N–H and O–H groups in total. The number of amides is 2. The largest absolute Gasteiger partial charge is 0.354 e. The number of carbonyl (C=O) groups is 2. The van der Waals surface area contributed by atoms with Crippen LogP contribution in [0.25, 0.3) is 11.0 Å². The molecule has 2 aromatic carbocycles. The lowest BCUT2D eigenvalue weighted by Gasteiger charge is -2.16. The molecule has 0 radical (unpaired) electrons. The van der Waals surface area contributed by atoms with Gasteiger partial charge in [0, 0.05) is 17.3 Å². The lowest BCUT2D eigenvalue weighted by Crippen LogP contribution is -2.18. The summed E-state index contributed by atoms with van der Waals surface area (Å²) in [4.78, 5) is 34.8. The summed E-state index contributed by atoms with van der Waals surface area (Å²) in [7, 11) is 0. The van der Waals surface area contributed by atoms with E-state index >= 15 is 0 Å². The van der Waals surface area contributed by atoms with Crippen LogP contribution in [0.2, 0.25) is 0 Å². The molecule has 178 valence electrons. The van der Waals surface area contributed by atoms with Crippen LogP contribution in [-0.4, -0.2) is 32.5 Å². The summed E-state index contributed by atoms with van der Waals surface area (Å²) in [5, 5.41) is 6.33. The van der Waals surface area contributed by atoms with E-state index in [1.54, 1.807) is 48.5 Å². The van der Waals surface area contributed by atoms with Gasteiger partial charge in [0.2, 0.25) is 5.95 Å². The zero-order chi connectivity index (χ0) is 24.4. The van der Waals surface area contributed by atoms with Crippen LogP contribution in [0.5, 0.6) is 0 Å². The van der Waals surface area contributed by atoms with Gasteiger partial charge in [0.05, 0.1) is 11.5 Å². The lowest BCUT2D eigenvalue weighted by atomic mass is 10.0. The van der Waals surface area contributed by atoms with Crippen LogP contribution in [0, 0.1) is 5.92 Å². The predicted octanol–water partition coefficient (Wildman–Crippen LogP) is 5.27. The van der Waals surface area contributed by atoms with Crippen molar-refractivity contribution in [1.29, 1.82) is 0 Å². The highest BCUT2D eigenvalue weighted by atomic mass is 16.5. The van der Waals surface area contributed by atoms with Gasteiger partial charge in [-0.25, -0.2) is 0 Å². The van der Waals surface area contributed by atoms with Crippen molar-refractivity contribution in [2.24, 2.45) is 5.92 Å². The molecule has 1 fully saturated rings. The highest BCUT2D eigenvalue weighted by Gasteiger charge is 2.33. The molecule has 2 aromatic heterocycles. The normalized spacial score (nSPS) is 19.5. The summed E-state index contributed by atoms with van der Waals surface area (Å²) in [5.74, 6) is 0.214. The van der Waals surface area contributed by atoms with Gasteiger partial charge in [-0.05, 0) is 49.1 Å². The van der Waals surface area contributed by atoms with Gasteiger partial charge < -0.3 is 14.6 Å². The molecule has 5 rings (SSSR count). The Bertz CT molecular complexity index is 1350. The van der Waals surface area contributed by atoms with Crippen LogP contribution in [0.3, 0.4) is 0 Å². The van der Waals surface area contributed by atoms with Gasteiger partial charge in [-0.2, -0.15) is 9.97 Å². The summed E-state index contributed by atoms with van der Waals surface area (Å²) in [6.45, 7) is 4.31. The van der Waals surface area contributed by atoms with E-state index in [9.17, 15) is 9.59 Å². The van der Waals surface area contributed by atoms with Crippen molar-refractivity contribution in [2.45, 2.75) is 39.0 Å². The average molecular weight is 470 g/mol. The molecule has 0 spiro atoms. The number of ether oxygens (including phenoxy) is 1. The van der Waals surface area contributed by atoms with Crippen LogP contribution in [0.4, 0.5) is 11.8 Å². The molecule has 0 saturated carbocycles. The number of nitrogens with one attached hydrogen (secondary N) is 2. The molecule has 1 saturated heterocycles. The molecule has 2 amide bonds. The first-order valence-corrected chi connectivity index (χ1v) is 11.8. The van der Waals surface area contributed by atoms with Crippen LogP contribution in [0.1, 0.15) is 53.6 Å². The molecule has 1 aliphatic rings. The lowest BCUT2D eigenvalue weighted by molar-refractivity contribution is -0.00274. The van der Waals surface area contributed by atoms with Gasteiger partial charge in [-0.3, -0.25) is 14.9 Å². The van der Waals surface area contributed by atoms with Crippen LogP contribution < -0.4 is 10.6 Å². The Morgan fingerprint density at radius 3 is 2.17 bits per heavy atom. The molecule has 8 nitrogen and oxygen atoms in total. The van der Waals surface area contributed by atoms with Crippen LogP contribution in [-0.2, 0) is 4.74 Å². The van der Waals surface area contributed by atoms with Crippen molar-refractivity contribution in [3.05, 3.63) is 84.1 Å². The van der Waals surface area contributed by atoms with E-state index in [1.807, 2.05) is 29.0 Å². The Balaban J connectivity index is 1.53. The predicted molar refractivity (Wildman–Crippen MR) is 134 cm³/mol. The van der Waals surface area contributed by atoms with Gasteiger partial charge in [0.1, 0.15) is 17.7 Å². The number of nitrogens with zero attached hydrogens (tertiary/aromatic N) is 3. The first-order valence-electron chi connectivity index (χ1n) is 11.8. The minimum atomic E-state index is -0.333. The maximum Gasteiger partial charge on any atom is 0.258 e. The molecule has 4 aromatic rings. The van der Waals surface area contributed by atoms with Crippen LogP contribution >= 0.6 is 0 Å². The second-order valence-corrected chi connectivity index (χ2v) is 8.75. The summed E-state index contributed by atoms with van der Waals surface area (Å²) >= 11 is 0. The van der Waals surface area contributed by atoms with Gasteiger partial charge in [-0.1, -0.05) is 50.2 Å². The Morgan fingerprint density at radius 1 is 0.943 bits per heavy atom. The van der Waals surface area contributed by atoms with Crippen molar-refractivity contribution in [1.82, 2.24) is 14.5 Å². The SMILES string of the molecule is CC[C@H]1O[C@@H](n2ccc3c(NC(=O)c4ccccc4)nc(NC(=O)c4ccccc4)nc32)C[C@@H]1C. The van der Waals surface area contributed by atoms with E-state index in [1.165, 1.54) is 0 Å². The molecule has 0 unspecified atom stereocenters. The molecule has 0 aliphatic carbocycles. The molecule has 35 heavy (non-hydrogen) atoms. The topological polar surface area (TPSA) is 98.1 Å². The maximum atomic E-state index is 12.9. The minimum absolute atomic E-state index is 0.104. The third-order valence-electron chi connectivity index (χ3n) is 6.35. The highest BCUT2D eigenvalue weighted by molar-refractivity contribution is 6.08. The fourth-order valence-corrected chi connectivity index (χ4v) is 4.49. The van der Waals surface area contributed by atoms with Gasteiger partial charge in [0.15, 0.2) is 0 Å². The molecule has 3 atom stereocenters. The minimum Gasteiger partial charge on any atom is -0.354 e.